The number of hydrogen-bond acceptors (Lipinski definition) is 2. The second-order valence-corrected chi connectivity index (χ2v) is 4.66. The second kappa shape index (κ2) is 9.15. The van der Waals surface area contributed by atoms with Crippen LogP contribution in [0.25, 0.3) is 6.08 Å². The van der Waals surface area contributed by atoms with Crippen LogP contribution < -0.4 is 5.32 Å². The first-order valence-electron chi connectivity index (χ1n) is 6.93. The maximum absolute atomic E-state index is 12.0. The highest BCUT2D eigenvalue weighted by molar-refractivity contribution is 5.74. The maximum atomic E-state index is 12.0. The first kappa shape index (κ1) is 16.2. The molecular formula is C16H24N2O2. The Kier molecular flexibility index (Phi) is 7.43. The Balaban J connectivity index is 2.46. The number of urea groups is 1. The Morgan fingerprint density at radius 2 is 2.10 bits per heavy atom. The standard InChI is InChI=1S/C16H24N2O2/c1-4-18(16(19)17-14(2)13-20-3)12-8-11-15-9-6-5-7-10-15/h5-11,14H,4,12-13H2,1-3H3,(H,17,19)/b11-8+. The Labute approximate surface area is 121 Å². The molecule has 2 amide bonds. The molecule has 1 N–H and O–H groups in total. The third-order valence-electron chi connectivity index (χ3n) is 2.89. The molecule has 0 saturated heterocycles. The summed E-state index contributed by atoms with van der Waals surface area (Å²) in [5.41, 5.74) is 1.14. The summed E-state index contributed by atoms with van der Waals surface area (Å²) in [6.07, 6.45) is 4.02. The molecule has 0 aliphatic heterocycles. The molecule has 1 aromatic rings. The van der Waals surface area contributed by atoms with E-state index in [0.717, 1.165) is 5.56 Å². The minimum absolute atomic E-state index is 0.0136. The van der Waals surface area contributed by atoms with Crippen LogP contribution >= 0.6 is 0 Å². The molecule has 0 spiro atoms. The fourth-order valence-electron chi connectivity index (χ4n) is 1.83. The van der Waals surface area contributed by atoms with Gasteiger partial charge in [-0.2, -0.15) is 0 Å². The summed E-state index contributed by atoms with van der Waals surface area (Å²) in [6.45, 7) is 5.68. The monoisotopic (exact) mass is 276 g/mol. The van der Waals surface area contributed by atoms with Crippen LogP contribution in [0.1, 0.15) is 19.4 Å². The molecule has 110 valence electrons. The molecule has 1 atom stereocenters. The van der Waals surface area contributed by atoms with Gasteiger partial charge in [0, 0.05) is 20.2 Å². The first-order valence-corrected chi connectivity index (χ1v) is 6.93. The molecule has 0 bridgehead atoms. The predicted molar refractivity (Wildman–Crippen MR) is 82.6 cm³/mol. The Morgan fingerprint density at radius 1 is 1.40 bits per heavy atom. The van der Waals surface area contributed by atoms with Crippen LogP contribution in [0.5, 0.6) is 0 Å². The number of carbonyl (C=O) groups is 1. The van der Waals surface area contributed by atoms with Crippen molar-refractivity contribution in [3.8, 4) is 0 Å². The van der Waals surface area contributed by atoms with Crippen molar-refractivity contribution >= 4 is 12.1 Å². The fraction of sp³-hybridized carbons (Fsp3) is 0.438. The molecule has 0 saturated carbocycles. The van der Waals surface area contributed by atoms with Crippen LogP contribution in [0.3, 0.4) is 0 Å². The Morgan fingerprint density at radius 3 is 2.70 bits per heavy atom. The molecule has 0 heterocycles. The maximum Gasteiger partial charge on any atom is 0.317 e. The van der Waals surface area contributed by atoms with Crippen LogP contribution in [-0.2, 0) is 4.74 Å². The average molecular weight is 276 g/mol. The Bertz CT molecular complexity index is 418. The van der Waals surface area contributed by atoms with Gasteiger partial charge in [0.25, 0.3) is 0 Å². The van der Waals surface area contributed by atoms with Gasteiger partial charge in [-0.15, -0.1) is 0 Å². The molecule has 0 aliphatic carbocycles. The van der Waals surface area contributed by atoms with Crippen molar-refractivity contribution in [2.75, 3.05) is 26.8 Å². The molecule has 0 fully saturated rings. The third kappa shape index (κ3) is 5.89. The lowest BCUT2D eigenvalue weighted by Gasteiger charge is -2.22. The summed E-state index contributed by atoms with van der Waals surface area (Å²) in [4.78, 5) is 13.8. The summed E-state index contributed by atoms with van der Waals surface area (Å²) >= 11 is 0. The second-order valence-electron chi connectivity index (χ2n) is 4.66. The highest BCUT2D eigenvalue weighted by atomic mass is 16.5. The zero-order valence-corrected chi connectivity index (χ0v) is 12.5. The van der Waals surface area contributed by atoms with E-state index in [9.17, 15) is 4.79 Å². The number of nitrogens with zero attached hydrogens (tertiary/aromatic N) is 1. The van der Waals surface area contributed by atoms with Crippen LogP contribution in [0.15, 0.2) is 36.4 Å². The topological polar surface area (TPSA) is 41.6 Å². The van der Waals surface area contributed by atoms with E-state index < -0.39 is 0 Å². The number of carbonyl (C=O) groups excluding carboxylic acids is 1. The van der Waals surface area contributed by atoms with Crippen molar-refractivity contribution in [3.05, 3.63) is 42.0 Å². The van der Waals surface area contributed by atoms with Crippen molar-refractivity contribution in [1.82, 2.24) is 10.2 Å². The van der Waals surface area contributed by atoms with Gasteiger partial charge in [0.05, 0.1) is 12.6 Å². The smallest absolute Gasteiger partial charge is 0.317 e. The van der Waals surface area contributed by atoms with Crippen LogP contribution in [0, 0.1) is 0 Å². The number of hydrogen-bond donors (Lipinski definition) is 1. The molecule has 0 aliphatic rings. The quantitative estimate of drug-likeness (QED) is 0.832. The molecule has 1 aromatic carbocycles. The van der Waals surface area contributed by atoms with Gasteiger partial charge in [0.2, 0.25) is 0 Å². The van der Waals surface area contributed by atoms with Gasteiger partial charge in [0.15, 0.2) is 0 Å². The lowest BCUT2D eigenvalue weighted by Crippen LogP contribution is -2.45. The lowest BCUT2D eigenvalue weighted by atomic mass is 10.2. The van der Waals surface area contributed by atoms with Crippen molar-refractivity contribution in [2.45, 2.75) is 19.9 Å². The van der Waals surface area contributed by atoms with E-state index in [0.29, 0.717) is 19.7 Å². The summed E-state index contributed by atoms with van der Waals surface area (Å²) < 4.78 is 5.01. The van der Waals surface area contributed by atoms with E-state index in [1.54, 1.807) is 12.0 Å². The molecule has 1 unspecified atom stereocenters. The lowest BCUT2D eigenvalue weighted by molar-refractivity contribution is 0.162. The highest BCUT2D eigenvalue weighted by Crippen LogP contribution is 2.01. The number of nitrogens with one attached hydrogen (secondary N) is 1. The normalized spacial score (nSPS) is 12.3. The number of methoxy groups -OCH3 is 1. The van der Waals surface area contributed by atoms with Crippen LogP contribution in [-0.4, -0.2) is 43.8 Å². The summed E-state index contributed by atoms with van der Waals surface area (Å²) in [6, 6.07) is 10.0. The van der Waals surface area contributed by atoms with Crippen molar-refractivity contribution in [2.24, 2.45) is 0 Å². The third-order valence-corrected chi connectivity index (χ3v) is 2.89. The van der Waals surface area contributed by atoms with E-state index in [2.05, 4.69) is 5.32 Å². The van der Waals surface area contributed by atoms with Crippen molar-refractivity contribution in [1.29, 1.82) is 0 Å². The highest BCUT2D eigenvalue weighted by Gasteiger charge is 2.12. The van der Waals surface area contributed by atoms with E-state index in [1.807, 2.05) is 56.3 Å². The number of likely N-dealkylation sites (N-methyl/N-ethyl adjacent to an activating group) is 1. The van der Waals surface area contributed by atoms with Crippen molar-refractivity contribution in [3.63, 3.8) is 0 Å². The largest absolute Gasteiger partial charge is 0.383 e. The molecule has 0 radical (unpaired) electrons. The first-order chi connectivity index (χ1) is 9.67. The summed E-state index contributed by atoms with van der Waals surface area (Å²) in [7, 11) is 1.63. The fourth-order valence-corrected chi connectivity index (χ4v) is 1.83. The van der Waals surface area contributed by atoms with Gasteiger partial charge in [-0.25, -0.2) is 4.79 Å². The van der Waals surface area contributed by atoms with Gasteiger partial charge >= 0.3 is 6.03 Å². The SMILES string of the molecule is CCN(C/C=C/c1ccccc1)C(=O)NC(C)COC. The summed E-state index contributed by atoms with van der Waals surface area (Å²) in [5.74, 6) is 0. The molecule has 0 aromatic heterocycles. The average Bonchev–Trinajstić information content (AvgIpc) is 2.44. The molecule has 4 nitrogen and oxygen atoms in total. The van der Waals surface area contributed by atoms with Gasteiger partial charge in [0.1, 0.15) is 0 Å². The number of amides is 2. The molecule has 1 rings (SSSR count). The zero-order valence-electron chi connectivity index (χ0n) is 12.5. The minimum Gasteiger partial charge on any atom is -0.383 e. The molecule has 20 heavy (non-hydrogen) atoms. The van der Waals surface area contributed by atoms with Crippen molar-refractivity contribution < 1.29 is 9.53 Å². The molecular weight excluding hydrogens is 252 g/mol. The number of ether oxygens (including phenoxy) is 1. The van der Waals surface area contributed by atoms with E-state index >= 15 is 0 Å². The Hall–Kier alpha value is -1.81. The van der Waals surface area contributed by atoms with Gasteiger partial charge < -0.3 is 15.0 Å². The van der Waals surface area contributed by atoms with Crippen LogP contribution in [0.2, 0.25) is 0 Å². The summed E-state index contributed by atoms with van der Waals surface area (Å²) in [5, 5.41) is 2.91. The van der Waals surface area contributed by atoms with Crippen LogP contribution in [0.4, 0.5) is 4.79 Å². The predicted octanol–water partition coefficient (Wildman–Crippen LogP) is 2.77. The van der Waals surface area contributed by atoms with E-state index in [-0.39, 0.29) is 12.1 Å². The molecule has 4 heteroatoms. The van der Waals surface area contributed by atoms with E-state index in [4.69, 9.17) is 4.74 Å². The number of rotatable bonds is 7. The number of benzene rings is 1. The van der Waals surface area contributed by atoms with Gasteiger partial charge in [-0.3, -0.25) is 0 Å². The van der Waals surface area contributed by atoms with Gasteiger partial charge in [-0.05, 0) is 19.4 Å². The van der Waals surface area contributed by atoms with Gasteiger partial charge in [-0.1, -0.05) is 42.5 Å². The van der Waals surface area contributed by atoms with E-state index in [1.165, 1.54) is 0 Å². The minimum atomic E-state index is -0.0604. The zero-order chi connectivity index (χ0) is 14.8.